The van der Waals surface area contributed by atoms with Gasteiger partial charge in [-0.2, -0.15) is 0 Å². The van der Waals surface area contributed by atoms with Crippen LogP contribution in [0.2, 0.25) is 0 Å². The molecular weight excluding hydrogens is 546 g/mol. The summed E-state index contributed by atoms with van der Waals surface area (Å²) in [6, 6.07) is 35.7. The maximum atomic E-state index is 13.5. The Morgan fingerprint density at radius 2 is 1.66 bits per heavy atom. The van der Waals surface area contributed by atoms with E-state index in [1.165, 1.54) is 16.5 Å². The van der Waals surface area contributed by atoms with Crippen LogP contribution in [0.15, 0.2) is 109 Å². The van der Waals surface area contributed by atoms with Crippen LogP contribution in [-0.4, -0.2) is 54.8 Å². The number of fused-ring (bicyclic) bond motifs is 1. The van der Waals surface area contributed by atoms with Crippen LogP contribution in [-0.2, 0) is 22.7 Å². The Hall–Kier alpha value is -4.39. The topological polar surface area (TPSA) is 55.7 Å². The van der Waals surface area contributed by atoms with Crippen LogP contribution in [0.5, 0.6) is 5.75 Å². The minimum atomic E-state index is -0.136. The van der Waals surface area contributed by atoms with E-state index in [1.54, 1.807) is 0 Å². The normalized spacial score (nSPS) is 14.4. The molecule has 44 heavy (non-hydrogen) atoms. The predicted molar refractivity (Wildman–Crippen MR) is 176 cm³/mol. The number of hydrogen-bond acceptors (Lipinski definition) is 4. The second-order valence-corrected chi connectivity index (χ2v) is 11.6. The molecule has 5 aromatic rings. The molecule has 6 rings (SSSR count). The van der Waals surface area contributed by atoms with E-state index in [0.29, 0.717) is 19.6 Å². The van der Waals surface area contributed by atoms with Gasteiger partial charge in [-0.3, -0.25) is 9.69 Å². The third-order valence-electron chi connectivity index (χ3n) is 8.42. The molecule has 0 aliphatic carbocycles. The van der Waals surface area contributed by atoms with Gasteiger partial charge in [0.2, 0.25) is 5.91 Å². The van der Waals surface area contributed by atoms with E-state index < -0.39 is 0 Å². The van der Waals surface area contributed by atoms with Crippen molar-refractivity contribution in [1.82, 2.24) is 14.8 Å². The summed E-state index contributed by atoms with van der Waals surface area (Å²) in [7, 11) is 0. The SMILES string of the molecule is Cc1ccc(Cn2cc([C@H](CC(=O)NCCN3CCOCC3)c3cccc(OCc4ccccc4)c3)c3ccccc32)cc1. The largest absolute Gasteiger partial charge is 0.489 e. The number of para-hydroxylation sites is 1. The molecule has 6 heteroatoms. The quantitative estimate of drug-likeness (QED) is 0.180. The highest BCUT2D eigenvalue weighted by atomic mass is 16.5. The molecule has 1 fully saturated rings. The summed E-state index contributed by atoms with van der Waals surface area (Å²) in [5.74, 6) is 0.713. The Bertz CT molecular complexity index is 1660. The average molecular weight is 588 g/mol. The van der Waals surface area contributed by atoms with Crippen LogP contribution in [0.1, 0.15) is 40.2 Å². The number of rotatable bonds is 12. The van der Waals surface area contributed by atoms with E-state index in [1.807, 2.05) is 30.3 Å². The van der Waals surface area contributed by atoms with Crippen LogP contribution < -0.4 is 10.1 Å². The third kappa shape index (κ3) is 7.57. The van der Waals surface area contributed by atoms with E-state index in [9.17, 15) is 4.79 Å². The molecule has 1 aromatic heterocycles. The number of aromatic nitrogens is 1. The summed E-state index contributed by atoms with van der Waals surface area (Å²) < 4.78 is 14.0. The summed E-state index contributed by atoms with van der Waals surface area (Å²) in [5, 5.41) is 4.37. The van der Waals surface area contributed by atoms with E-state index in [4.69, 9.17) is 9.47 Å². The highest BCUT2D eigenvalue weighted by Crippen LogP contribution is 2.36. The molecule has 0 radical (unpaired) electrons. The number of benzene rings is 4. The van der Waals surface area contributed by atoms with Gasteiger partial charge in [0.25, 0.3) is 0 Å². The summed E-state index contributed by atoms with van der Waals surface area (Å²) in [6.45, 7) is 8.16. The van der Waals surface area contributed by atoms with Gasteiger partial charge in [0.05, 0.1) is 13.2 Å². The molecule has 0 unspecified atom stereocenters. The van der Waals surface area contributed by atoms with Crippen molar-refractivity contribution in [3.63, 3.8) is 0 Å². The number of carbonyl (C=O) groups is 1. The highest BCUT2D eigenvalue weighted by molar-refractivity contribution is 5.87. The van der Waals surface area contributed by atoms with Gasteiger partial charge in [0.1, 0.15) is 12.4 Å². The molecule has 226 valence electrons. The molecule has 0 saturated carbocycles. The number of amides is 1. The molecule has 1 saturated heterocycles. The fraction of sp³-hybridized carbons (Fsp3) is 0.289. The Morgan fingerprint density at radius 1 is 0.886 bits per heavy atom. The van der Waals surface area contributed by atoms with Gasteiger partial charge in [0, 0.05) is 62.2 Å². The van der Waals surface area contributed by atoms with Crippen LogP contribution >= 0.6 is 0 Å². The van der Waals surface area contributed by atoms with Gasteiger partial charge < -0.3 is 19.4 Å². The van der Waals surface area contributed by atoms with Crippen LogP contribution in [0.4, 0.5) is 0 Å². The van der Waals surface area contributed by atoms with Crippen LogP contribution in [0.25, 0.3) is 10.9 Å². The van der Waals surface area contributed by atoms with Gasteiger partial charge in [-0.1, -0.05) is 90.5 Å². The molecule has 1 atom stereocenters. The van der Waals surface area contributed by atoms with E-state index in [-0.39, 0.29) is 11.8 Å². The first kappa shape index (κ1) is 29.7. The molecule has 1 N–H and O–H groups in total. The molecule has 0 spiro atoms. The minimum Gasteiger partial charge on any atom is -0.489 e. The molecule has 0 bridgehead atoms. The van der Waals surface area contributed by atoms with Crippen molar-refractivity contribution in [3.05, 3.63) is 137 Å². The Morgan fingerprint density at radius 3 is 2.48 bits per heavy atom. The smallest absolute Gasteiger partial charge is 0.220 e. The molecule has 6 nitrogen and oxygen atoms in total. The lowest BCUT2D eigenvalue weighted by atomic mass is 9.88. The van der Waals surface area contributed by atoms with Crippen molar-refractivity contribution in [2.75, 3.05) is 39.4 Å². The summed E-state index contributed by atoms with van der Waals surface area (Å²) in [4.78, 5) is 15.9. The van der Waals surface area contributed by atoms with Crippen LogP contribution in [0, 0.1) is 6.92 Å². The fourth-order valence-corrected chi connectivity index (χ4v) is 5.98. The van der Waals surface area contributed by atoms with Crippen molar-refractivity contribution < 1.29 is 14.3 Å². The minimum absolute atomic E-state index is 0.0502. The van der Waals surface area contributed by atoms with Crippen molar-refractivity contribution >= 4 is 16.8 Å². The maximum Gasteiger partial charge on any atom is 0.220 e. The van der Waals surface area contributed by atoms with Gasteiger partial charge in [0.15, 0.2) is 0 Å². The number of aryl methyl sites for hydroxylation is 1. The first-order valence-corrected chi connectivity index (χ1v) is 15.6. The van der Waals surface area contributed by atoms with Crippen molar-refractivity contribution in [2.24, 2.45) is 0 Å². The molecule has 1 aliphatic heterocycles. The summed E-state index contributed by atoms with van der Waals surface area (Å²) in [6.07, 6.45) is 2.59. The van der Waals surface area contributed by atoms with Gasteiger partial charge in [-0.25, -0.2) is 0 Å². The molecule has 1 aliphatic rings. The maximum absolute atomic E-state index is 13.5. The number of carbonyl (C=O) groups excluding carboxylic acids is 1. The molecule has 2 heterocycles. The Kier molecular flexibility index (Phi) is 9.70. The standard InChI is InChI=1S/C38H41N3O3/c1-29-14-16-30(17-15-29)26-41-27-36(34-12-5-6-13-37(34)41)35(25-38(42)39-18-19-40-20-22-43-23-21-40)32-10-7-11-33(24-32)44-28-31-8-3-2-4-9-31/h2-17,24,27,35H,18-23,25-26,28H2,1H3,(H,39,42)/t35-/m1/s1. The van der Waals surface area contributed by atoms with Gasteiger partial charge in [-0.15, -0.1) is 0 Å². The van der Waals surface area contributed by atoms with Crippen molar-refractivity contribution in [2.45, 2.75) is 32.4 Å². The fourth-order valence-electron chi connectivity index (χ4n) is 5.98. The zero-order valence-corrected chi connectivity index (χ0v) is 25.5. The van der Waals surface area contributed by atoms with Crippen LogP contribution in [0.3, 0.4) is 0 Å². The lowest BCUT2D eigenvalue weighted by molar-refractivity contribution is -0.121. The number of ether oxygens (including phenoxy) is 2. The lowest BCUT2D eigenvalue weighted by Crippen LogP contribution is -2.41. The third-order valence-corrected chi connectivity index (χ3v) is 8.42. The monoisotopic (exact) mass is 587 g/mol. The predicted octanol–water partition coefficient (Wildman–Crippen LogP) is 6.55. The number of hydrogen-bond donors (Lipinski definition) is 1. The Balaban J connectivity index is 1.28. The van der Waals surface area contributed by atoms with E-state index in [0.717, 1.165) is 67.3 Å². The summed E-state index contributed by atoms with van der Waals surface area (Å²) in [5.41, 5.74) is 7.00. The first-order chi connectivity index (χ1) is 21.6. The van der Waals surface area contributed by atoms with E-state index in [2.05, 4.69) is 101 Å². The second-order valence-electron chi connectivity index (χ2n) is 11.6. The first-order valence-electron chi connectivity index (χ1n) is 15.6. The molecule has 1 amide bonds. The zero-order valence-electron chi connectivity index (χ0n) is 25.5. The molecular formula is C38H41N3O3. The van der Waals surface area contributed by atoms with Crippen molar-refractivity contribution in [1.29, 1.82) is 0 Å². The molecule has 4 aromatic carbocycles. The van der Waals surface area contributed by atoms with Crippen molar-refractivity contribution in [3.8, 4) is 5.75 Å². The second kappa shape index (κ2) is 14.4. The highest BCUT2D eigenvalue weighted by Gasteiger charge is 2.24. The van der Waals surface area contributed by atoms with Gasteiger partial charge in [-0.05, 0) is 47.4 Å². The summed E-state index contributed by atoms with van der Waals surface area (Å²) >= 11 is 0. The number of morpholine rings is 1. The zero-order chi connectivity index (χ0) is 30.1. The number of nitrogens with one attached hydrogen (secondary N) is 1. The lowest BCUT2D eigenvalue weighted by Gasteiger charge is -2.26. The Labute approximate surface area is 260 Å². The average Bonchev–Trinajstić information content (AvgIpc) is 3.42. The van der Waals surface area contributed by atoms with E-state index >= 15 is 0 Å². The van der Waals surface area contributed by atoms with Gasteiger partial charge >= 0.3 is 0 Å². The number of nitrogens with zero attached hydrogens (tertiary/aromatic N) is 2.